The Morgan fingerprint density at radius 2 is 1.24 bits per heavy atom. The van der Waals surface area contributed by atoms with Gasteiger partial charge in [-0.1, -0.05) is 91.0 Å². The van der Waals surface area contributed by atoms with Gasteiger partial charge in [0, 0.05) is 6.42 Å². The molecule has 0 heterocycles. The van der Waals surface area contributed by atoms with Crippen molar-refractivity contribution in [1.29, 1.82) is 0 Å². The minimum atomic E-state index is -0.941. The van der Waals surface area contributed by atoms with Crippen LogP contribution in [0.4, 0.5) is 4.79 Å². The van der Waals surface area contributed by atoms with Gasteiger partial charge < -0.3 is 21.1 Å². The minimum absolute atomic E-state index is 0.0767. The monoisotopic (exact) mass is 459 g/mol. The van der Waals surface area contributed by atoms with Gasteiger partial charge in [-0.15, -0.1) is 0 Å². The van der Waals surface area contributed by atoms with E-state index in [1.54, 1.807) is 0 Å². The van der Waals surface area contributed by atoms with Crippen LogP contribution in [0.25, 0.3) is 0 Å². The molecule has 7 heteroatoms. The average molecular weight is 460 g/mol. The molecule has 0 radical (unpaired) electrons. The predicted octanol–water partition coefficient (Wildman–Crippen LogP) is 3.13. The number of amides is 3. The maximum Gasteiger partial charge on any atom is 0.408 e. The Morgan fingerprint density at radius 1 is 0.706 bits per heavy atom. The summed E-state index contributed by atoms with van der Waals surface area (Å²) in [4.78, 5) is 37.6. The lowest BCUT2D eigenvalue weighted by Crippen LogP contribution is -2.53. The van der Waals surface area contributed by atoms with Crippen molar-refractivity contribution < 1.29 is 19.1 Å². The zero-order valence-corrected chi connectivity index (χ0v) is 18.9. The fourth-order valence-corrected chi connectivity index (χ4v) is 3.48. The molecule has 3 amide bonds. The molecule has 0 aliphatic carbocycles. The topological polar surface area (TPSA) is 111 Å². The van der Waals surface area contributed by atoms with E-state index < -0.39 is 30.0 Å². The highest BCUT2D eigenvalue weighted by molar-refractivity contribution is 5.90. The van der Waals surface area contributed by atoms with Gasteiger partial charge in [-0.25, -0.2) is 4.79 Å². The van der Waals surface area contributed by atoms with Gasteiger partial charge in [-0.2, -0.15) is 0 Å². The summed E-state index contributed by atoms with van der Waals surface area (Å²) in [6, 6.07) is 26.4. The summed E-state index contributed by atoms with van der Waals surface area (Å²) in [6.07, 6.45) is 0.434. The van der Waals surface area contributed by atoms with Crippen molar-refractivity contribution in [1.82, 2.24) is 10.6 Å². The van der Waals surface area contributed by atoms with Gasteiger partial charge in [0.05, 0.1) is 0 Å². The number of hydrogen-bond donors (Lipinski definition) is 3. The molecule has 7 nitrogen and oxygen atoms in total. The highest BCUT2D eigenvalue weighted by Gasteiger charge is 2.26. The van der Waals surface area contributed by atoms with E-state index in [9.17, 15) is 14.4 Å². The van der Waals surface area contributed by atoms with Gasteiger partial charge in [0.15, 0.2) is 0 Å². The van der Waals surface area contributed by atoms with Crippen LogP contribution in [0.2, 0.25) is 0 Å². The van der Waals surface area contributed by atoms with Crippen LogP contribution in [0.15, 0.2) is 91.0 Å². The number of nitrogens with two attached hydrogens (primary N) is 1. The van der Waals surface area contributed by atoms with Crippen LogP contribution in [0.1, 0.15) is 23.1 Å². The molecule has 0 saturated carbocycles. The highest BCUT2D eigenvalue weighted by Crippen LogP contribution is 2.08. The van der Waals surface area contributed by atoms with E-state index in [-0.39, 0.29) is 13.0 Å². The summed E-state index contributed by atoms with van der Waals surface area (Å²) in [6.45, 7) is 0.0767. The van der Waals surface area contributed by atoms with E-state index in [4.69, 9.17) is 10.5 Å². The third kappa shape index (κ3) is 8.09. The number of alkyl carbamates (subject to hydrolysis) is 1. The van der Waals surface area contributed by atoms with Crippen LogP contribution in [0, 0.1) is 0 Å². The molecule has 0 bridgehead atoms. The molecule has 0 aromatic heterocycles. The molecular weight excluding hydrogens is 430 g/mol. The normalized spacial score (nSPS) is 12.2. The number of nitrogens with one attached hydrogen (secondary N) is 2. The van der Waals surface area contributed by atoms with Crippen molar-refractivity contribution in [2.45, 2.75) is 38.0 Å². The lowest BCUT2D eigenvalue weighted by Gasteiger charge is -2.22. The first kappa shape index (κ1) is 24.5. The van der Waals surface area contributed by atoms with E-state index in [1.165, 1.54) is 0 Å². The maximum atomic E-state index is 13.1. The molecule has 0 spiro atoms. The van der Waals surface area contributed by atoms with Crippen molar-refractivity contribution in [2.75, 3.05) is 0 Å². The molecule has 0 saturated heterocycles. The van der Waals surface area contributed by atoms with E-state index in [0.29, 0.717) is 12.8 Å². The van der Waals surface area contributed by atoms with Gasteiger partial charge in [-0.3, -0.25) is 9.59 Å². The first-order chi connectivity index (χ1) is 16.5. The minimum Gasteiger partial charge on any atom is -0.445 e. The summed E-state index contributed by atoms with van der Waals surface area (Å²) < 4.78 is 5.28. The van der Waals surface area contributed by atoms with E-state index in [1.807, 2.05) is 91.0 Å². The van der Waals surface area contributed by atoms with Gasteiger partial charge in [0.1, 0.15) is 18.7 Å². The molecule has 4 N–H and O–H groups in total. The number of hydrogen-bond acceptors (Lipinski definition) is 4. The number of primary amides is 1. The molecule has 34 heavy (non-hydrogen) atoms. The molecule has 3 aromatic carbocycles. The molecular formula is C27H29N3O4. The van der Waals surface area contributed by atoms with Crippen molar-refractivity contribution in [3.05, 3.63) is 108 Å². The summed E-state index contributed by atoms with van der Waals surface area (Å²) >= 11 is 0. The van der Waals surface area contributed by atoms with Crippen molar-refractivity contribution in [2.24, 2.45) is 5.73 Å². The number of carbonyl (C=O) groups excluding carboxylic acids is 3. The number of carbonyl (C=O) groups is 3. The quantitative estimate of drug-likeness (QED) is 0.409. The Hall–Kier alpha value is -4.13. The second-order valence-corrected chi connectivity index (χ2v) is 7.94. The standard InChI is InChI=1S/C27H29N3O4/c28-25(31)23(17-16-20-10-4-1-5-11-20)29-26(32)24(18-21-12-6-2-7-13-21)30-27(33)34-19-22-14-8-3-9-15-22/h1-15,23-24H,16-19H2,(H2,28,31)(H,29,32)(H,30,33)/t23-,24-/m1/s1. The summed E-state index contributed by atoms with van der Waals surface area (Å²) in [7, 11) is 0. The van der Waals surface area contributed by atoms with Crippen LogP contribution >= 0.6 is 0 Å². The maximum absolute atomic E-state index is 13.1. The number of benzene rings is 3. The molecule has 2 atom stereocenters. The molecule has 0 unspecified atom stereocenters. The summed E-state index contributed by atoms with van der Waals surface area (Å²) in [5.41, 5.74) is 8.27. The highest BCUT2D eigenvalue weighted by atomic mass is 16.5. The Balaban J connectivity index is 1.64. The van der Waals surface area contributed by atoms with Gasteiger partial charge >= 0.3 is 6.09 Å². The third-order valence-corrected chi connectivity index (χ3v) is 5.33. The summed E-state index contributed by atoms with van der Waals surface area (Å²) in [5, 5.41) is 5.33. The van der Waals surface area contributed by atoms with E-state index >= 15 is 0 Å². The van der Waals surface area contributed by atoms with Crippen molar-refractivity contribution in [3.63, 3.8) is 0 Å². The smallest absolute Gasteiger partial charge is 0.408 e. The Labute approximate surface area is 199 Å². The Bertz CT molecular complexity index is 1060. The van der Waals surface area contributed by atoms with Gasteiger partial charge in [0.2, 0.25) is 11.8 Å². The van der Waals surface area contributed by atoms with Crippen LogP contribution in [-0.2, 0) is 33.8 Å². The molecule has 176 valence electrons. The predicted molar refractivity (Wildman–Crippen MR) is 130 cm³/mol. The number of aryl methyl sites for hydroxylation is 1. The molecule has 0 aliphatic heterocycles. The molecule has 3 rings (SSSR count). The summed E-state index contributed by atoms with van der Waals surface area (Å²) in [5.74, 6) is -1.13. The first-order valence-corrected chi connectivity index (χ1v) is 11.2. The van der Waals surface area contributed by atoms with Crippen LogP contribution in [-0.4, -0.2) is 30.0 Å². The largest absolute Gasteiger partial charge is 0.445 e. The third-order valence-electron chi connectivity index (χ3n) is 5.33. The average Bonchev–Trinajstić information content (AvgIpc) is 2.86. The fraction of sp³-hybridized carbons (Fsp3) is 0.222. The van der Waals surface area contributed by atoms with Crippen LogP contribution < -0.4 is 16.4 Å². The number of ether oxygens (including phenoxy) is 1. The van der Waals surface area contributed by atoms with Crippen molar-refractivity contribution >= 4 is 17.9 Å². The fourth-order valence-electron chi connectivity index (χ4n) is 3.48. The van der Waals surface area contributed by atoms with Gasteiger partial charge in [-0.05, 0) is 29.5 Å². The lowest BCUT2D eigenvalue weighted by molar-refractivity contribution is -0.128. The van der Waals surface area contributed by atoms with E-state index in [2.05, 4.69) is 10.6 Å². The molecule has 0 aliphatic rings. The zero-order valence-electron chi connectivity index (χ0n) is 18.9. The Kier molecular flexibility index (Phi) is 9.22. The van der Waals surface area contributed by atoms with Gasteiger partial charge in [0.25, 0.3) is 0 Å². The first-order valence-electron chi connectivity index (χ1n) is 11.2. The molecule has 3 aromatic rings. The lowest BCUT2D eigenvalue weighted by atomic mass is 10.0. The second-order valence-electron chi connectivity index (χ2n) is 7.94. The molecule has 0 fully saturated rings. The SMILES string of the molecule is NC(=O)[C@@H](CCc1ccccc1)NC(=O)[C@@H](Cc1ccccc1)NC(=O)OCc1ccccc1. The zero-order chi connectivity index (χ0) is 24.2. The van der Waals surface area contributed by atoms with Crippen LogP contribution in [0.3, 0.4) is 0 Å². The number of rotatable bonds is 11. The van der Waals surface area contributed by atoms with Crippen molar-refractivity contribution in [3.8, 4) is 0 Å². The Morgan fingerprint density at radius 3 is 1.79 bits per heavy atom. The van der Waals surface area contributed by atoms with Crippen LogP contribution in [0.5, 0.6) is 0 Å². The second kappa shape index (κ2) is 12.8. The van der Waals surface area contributed by atoms with E-state index in [0.717, 1.165) is 16.7 Å².